The van der Waals surface area contributed by atoms with E-state index in [2.05, 4.69) is 6.92 Å². The molecule has 0 aromatic carbocycles. The second-order valence-corrected chi connectivity index (χ2v) is 8.47. The summed E-state index contributed by atoms with van der Waals surface area (Å²) in [6, 6.07) is 1.72. The van der Waals surface area contributed by atoms with Gasteiger partial charge in [-0.3, -0.25) is 0 Å². The van der Waals surface area contributed by atoms with E-state index in [1.54, 1.807) is 16.6 Å². The van der Waals surface area contributed by atoms with Crippen LogP contribution in [0.1, 0.15) is 26.5 Å². The lowest BCUT2D eigenvalue weighted by molar-refractivity contribution is 0.340. The molecule has 1 saturated heterocycles. The fourth-order valence-corrected chi connectivity index (χ4v) is 5.57. The van der Waals surface area contributed by atoms with E-state index >= 15 is 0 Å². The maximum absolute atomic E-state index is 12.8. The van der Waals surface area contributed by atoms with Crippen molar-refractivity contribution in [3.63, 3.8) is 0 Å². The second kappa shape index (κ2) is 6.09. The Labute approximate surface area is 125 Å². The minimum Gasteiger partial charge on any atom is -0.349 e. The third kappa shape index (κ3) is 2.77. The third-order valence-electron chi connectivity index (χ3n) is 3.94. The van der Waals surface area contributed by atoms with Crippen molar-refractivity contribution in [2.45, 2.75) is 50.0 Å². The van der Waals surface area contributed by atoms with Gasteiger partial charge in [0.05, 0.1) is 0 Å². The van der Waals surface area contributed by atoms with Gasteiger partial charge < -0.3 is 10.3 Å². The molecular formula is C13H23N3O2S2. The molecule has 1 aromatic rings. The molecule has 0 aliphatic carbocycles. The van der Waals surface area contributed by atoms with Crippen molar-refractivity contribution >= 4 is 21.8 Å². The maximum atomic E-state index is 12.8. The average molecular weight is 317 g/mol. The van der Waals surface area contributed by atoms with Gasteiger partial charge in [0.15, 0.2) is 0 Å². The summed E-state index contributed by atoms with van der Waals surface area (Å²) in [6.45, 7) is 7.70. The lowest BCUT2D eigenvalue weighted by Gasteiger charge is -2.36. The first-order valence-electron chi connectivity index (χ1n) is 6.94. The van der Waals surface area contributed by atoms with Gasteiger partial charge in [0.25, 0.3) is 0 Å². The van der Waals surface area contributed by atoms with Crippen LogP contribution in [0.4, 0.5) is 0 Å². The number of nitrogens with two attached hydrogens (primary N) is 1. The van der Waals surface area contributed by atoms with Gasteiger partial charge in [-0.1, -0.05) is 6.92 Å². The van der Waals surface area contributed by atoms with Gasteiger partial charge in [0.1, 0.15) is 4.90 Å². The van der Waals surface area contributed by atoms with Crippen molar-refractivity contribution in [1.29, 1.82) is 0 Å². The average Bonchev–Trinajstić information content (AvgIpc) is 2.85. The highest BCUT2D eigenvalue weighted by Crippen LogP contribution is 2.30. The predicted molar refractivity (Wildman–Crippen MR) is 83.3 cm³/mol. The van der Waals surface area contributed by atoms with Crippen LogP contribution in [0.25, 0.3) is 0 Å². The molecule has 1 aromatic heterocycles. The Morgan fingerprint density at radius 3 is 2.70 bits per heavy atom. The molecule has 0 spiro atoms. The first kappa shape index (κ1) is 15.9. The van der Waals surface area contributed by atoms with Crippen LogP contribution >= 0.6 is 11.8 Å². The molecule has 0 bridgehead atoms. The van der Waals surface area contributed by atoms with Gasteiger partial charge in [-0.15, -0.1) is 0 Å². The van der Waals surface area contributed by atoms with Crippen LogP contribution in [0.15, 0.2) is 17.2 Å². The fourth-order valence-electron chi connectivity index (χ4n) is 2.51. The second-order valence-electron chi connectivity index (χ2n) is 5.09. The Bertz CT molecular complexity index is 547. The van der Waals surface area contributed by atoms with Crippen LogP contribution in [0.3, 0.4) is 0 Å². The number of aromatic nitrogens is 1. The highest BCUT2D eigenvalue weighted by Gasteiger charge is 2.35. The van der Waals surface area contributed by atoms with Crippen molar-refractivity contribution in [2.75, 3.05) is 12.3 Å². The lowest BCUT2D eigenvalue weighted by Crippen LogP contribution is -2.47. The summed E-state index contributed by atoms with van der Waals surface area (Å²) in [5.74, 6) is 0.850. The van der Waals surface area contributed by atoms with E-state index in [0.29, 0.717) is 23.2 Å². The molecule has 114 valence electrons. The molecular weight excluding hydrogens is 294 g/mol. The molecule has 2 atom stereocenters. The van der Waals surface area contributed by atoms with Crippen molar-refractivity contribution in [3.8, 4) is 0 Å². The van der Waals surface area contributed by atoms with E-state index < -0.39 is 10.0 Å². The SMILES string of the molecule is CCn1cc(S(=O)(=O)N2CCSC(C)C2C)cc1CN. The van der Waals surface area contributed by atoms with Gasteiger partial charge >= 0.3 is 0 Å². The number of aryl methyl sites for hydroxylation is 1. The maximum Gasteiger partial charge on any atom is 0.244 e. The normalized spacial score (nSPS) is 25.0. The molecule has 0 amide bonds. The largest absolute Gasteiger partial charge is 0.349 e. The van der Waals surface area contributed by atoms with E-state index in [4.69, 9.17) is 5.73 Å². The molecule has 7 heteroatoms. The van der Waals surface area contributed by atoms with Gasteiger partial charge in [-0.05, 0) is 19.9 Å². The molecule has 1 aliphatic heterocycles. The first-order chi connectivity index (χ1) is 9.41. The molecule has 2 heterocycles. The first-order valence-corrected chi connectivity index (χ1v) is 9.43. The van der Waals surface area contributed by atoms with E-state index in [-0.39, 0.29) is 6.04 Å². The van der Waals surface area contributed by atoms with E-state index in [0.717, 1.165) is 18.0 Å². The number of hydrogen-bond acceptors (Lipinski definition) is 4. The summed E-state index contributed by atoms with van der Waals surface area (Å²) in [5.41, 5.74) is 6.54. The van der Waals surface area contributed by atoms with Crippen LogP contribution in [0.2, 0.25) is 0 Å². The summed E-state index contributed by atoms with van der Waals surface area (Å²) < 4.78 is 29.1. The Hall–Kier alpha value is -0.500. The molecule has 20 heavy (non-hydrogen) atoms. The molecule has 2 N–H and O–H groups in total. The Morgan fingerprint density at radius 2 is 2.15 bits per heavy atom. The van der Waals surface area contributed by atoms with Crippen molar-refractivity contribution in [3.05, 3.63) is 18.0 Å². The van der Waals surface area contributed by atoms with E-state index in [1.165, 1.54) is 0 Å². The standard InChI is InChI=1S/C13H23N3O2S2/c1-4-15-9-13(7-12(15)8-14)20(17,18)16-5-6-19-11(3)10(16)2/h7,9-11H,4-6,8,14H2,1-3H3. The Morgan fingerprint density at radius 1 is 1.45 bits per heavy atom. The number of rotatable bonds is 4. The van der Waals surface area contributed by atoms with Crippen molar-refractivity contribution < 1.29 is 8.42 Å². The zero-order chi connectivity index (χ0) is 14.9. The van der Waals surface area contributed by atoms with Crippen LogP contribution in [0.5, 0.6) is 0 Å². The van der Waals surface area contributed by atoms with Gasteiger partial charge in [-0.2, -0.15) is 16.1 Å². The number of hydrogen-bond donors (Lipinski definition) is 1. The summed E-state index contributed by atoms with van der Waals surface area (Å²) in [6.07, 6.45) is 1.71. The smallest absolute Gasteiger partial charge is 0.244 e. The molecule has 2 unspecified atom stereocenters. The Balaban J connectivity index is 2.37. The summed E-state index contributed by atoms with van der Waals surface area (Å²) in [7, 11) is -3.42. The Kier molecular flexibility index (Phi) is 4.84. The van der Waals surface area contributed by atoms with Gasteiger partial charge in [0.2, 0.25) is 10.0 Å². The zero-order valence-corrected chi connectivity index (χ0v) is 13.9. The van der Waals surface area contributed by atoms with E-state index in [1.807, 2.05) is 30.2 Å². The molecule has 2 rings (SSSR count). The monoisotopic (exact) mass is 317 g/mol. The summed E-state index contributed by atoms with van der Waals surface area (Å²) in [5, 5.41) is 0.320. The van der Waals surface area contributed by atoms with Crippen LogP contribution < -0.4 is 5.73 Å². The minimum absolute atomic E-state index is 0.0186. The van der Waals surface area contributed by atoms with Crippen LogP contribution in [-0.4, -0.2) is 40.9 Å². The summed E-state index contributed by atoms with van der Waals surface area (Å²) >= 11 is 1.83. The predicted octanol–water partition coefficient (Wildman–Crippen LogP) is 1.48. The molecule has 0 radical (unpaired) electrons. The lowest BCUT2D eigenvalue weighted by atomic mass is 10.2. The molecule has 0 saturated carbocycles. The topological polar surface area (TPSA) is 68.3 Å². The zero-order valence-electron chi connectivity index (χ0n) is 12.2. The van der Waals surface area contributed by atoms with Crippen LogP contribution in [0, 0.1) is 0 Å². The number of sulfonamides is 1. The highest BCUT2D eigenvalue weighted by atomic mass is 32.2. The van der Waals surface area contributed by atoms with Gasteiger partial charge in [-0.25, -0.2) is 8.42 Å². The van der Waals surface area contributed by atoms with Crippen molar-refractivity contribution in [1.82, 2.24) is 8.87 Å². The van der Waals surface area contributed by atoms with E-state index in [9.17, 15) is 8.42 Å². The number of thioether (sulfide) groups is 1. The van der Waals surface area contributed by atoms with Crippen LogP contribution in [-0.2, 0) is 23.1 Å². The quantitative estimate of drug-likeness (QED) is 0.913. The highest BCUT2D eigenvalue weighted by molar-refractivity contribution is 8.00. The third-order valence-corrected chi connectivity index (χ3v) is 7.23. The van der Waals surface area contributed by atoms with Crippen molar-refractivity contribution in [2.24, 2.45) is 5.73 Å². The van der Waals surface area contributed by atoms with Gasteiger partial charge in [0, 0.05) is 48.6 Å². The molecule has 1 fully saturated rings. The fraction of sp³-hybridized carbons (Fsp3) is 0.692. The molecule has 5 nitrogen and oxygen atoms in total. The summed E-state index contributed by atoms with van der Waals surface area (Å²) in [4.78, 5) is 0.366. The molecule has 1 aliphatic rings. The minimum atomic E-state index is -3.42. The number of nitrogens with zero attached hydrogens (tertiary/aromatic N) is 2.